The summed E-state index contributed by atoms with van der Waals surface area (Å²) in [6, 6.07) is 3.69. The van der Waals surface area contributed by atoms with Crippen molar-refractivity contribution in [3.8, 4) is 11.5 Å². The van der Waals surface area contributed by atoms with E-state index in [1.165, 1.54) is 0 Å². The Balaban J connectivity index is 3.31. The van der Waals surface area contributed by atoms with E-state index in [1.807, 2.05) is 18.2 Å². The number of carbonyl (C=O) groups excluding carboxylic acids is 4. The van der Waals surface area contributed by atoms with E-state index in [4.69, 9.17) is 30.4 Å². The molecule has 0 saturated carbocycles. The smallest absolute Gasteiger partial charge is 0.407 e. The number of aliphatic hydroxyl groups is 1. The zero-order valence-corrected chi connectivity index (χ0v) is 29.6. The Kier molecular flexibility index (Phi) is 17.6. The van der Waals surface area contributed by atoms with Gasteiger partial charge >= 0.3 is 6.09 Å². The molecule has 5 atom stereocenters. The summed E-state index contributed by atoms with van der Waals surface area (Å²) in [7, 11) is 3.22. The van der Waals surface area contributed by atoms with Gasteiger partial charge in [0.2, 0.25) is 17.7 Å². The van der Waals surface area contributed by atoms with Gasteiger partial charge in [0.05, 0.1) is 32.3 Å². The Morgan fingerprint density at radius 3 is 2.09 bits per heavy atom. The van der Waals surface area contributed by atoms with Crippen molar-refractivity contribution in [3.05, 3.63) is 23.8 Å². The molecule has 0 bridgehead atoms. The molecule has 7 N–H and O–H groups in total. The number of methoxy groups -OCH3 is 2. The van der Waals surface area contributed by atoms with Gasteiger partial charge in [0.15, 0.2) is 11.5 Å². The quantitative estimate of drug-likeness (QED) is 0.122. The standard InChI is InChI=1S/C34H58N4O9/c1-20(2)23(15-22-11-12-28(45-9)29(16-22)46-14-10-13-44-8)17-25(38-33(43)47-34(5,6)7)27(39)18-24(21(3)4)32(42)37-26(31(36)41)19-30(35)40/h11-12,16,20-21,23-27,39H,10,13-15,17-19H2,1-9H3,(H2,35,40)(H2,36,41)(H,37,42)(H,38,43)/t23-,24-,25-,26-,27-/m0/s1. The van der Waals surface area contributed by atoms with E-state index in [0.29, 0.717) is 37.6 Å². The summed E-state index contributed by atoms with van der Waals surface area (Å²) in [5.41, 5.74) is 10.8. The highest BCUT2D eigenvalue weighted by Crippen LogP contribution is 2.32. The molecule has 0 fully saturated rings. The summed E-state index contributed by atoms with van der Waals surface area (Å²) in [6.45, 7) is 14.0. The largest absolute Gasteiger partial charge is 0.493 e. The van der Waals surface area contributed by atoms with Crippen molar-refractivity contribution in [2.75, 3.05) is 27.4 Å². The van der Waals surface area contributed by atoms with Crippen LogP contribution in [0.25, 0.3) is 0 Å². The Morgan fingerprint density at radius 1 is 0.915 bits per heavy atom. The third-order valence-electron chi connectivity index (χ3n) is 7.84. The SMILES string of the molecule is COCCCOc1cc(C[C@@H](C[C@H](NC(=O)OC(C)(C)C)[C@@H](O)C[C@H](C(=O)N[C@@H](CC(N)=O)C(N)=O)C(C)C)C(C)C)ccc1OC. The number of hydrogen-bond donors (Lipinski definition) is 5. The predicted octanol–water partition coefficient (Wildman–Crippen LogP) is 3.08. The van der Waals surface area contributed by atoms with Gasteiger partial charge in [-0.25, -0.2) is 4.79 Å². The van der Waals surface area contributed by atoms with Gasteiger partial charge in [0, 0.05) is 26.1 Å². The molecule has 47 heavy (non-hydrogen) atoms. The van der Waals surface area contributed by atoms with Crippen LogP contribution in [0.4, 0.5) is 4.79 Å². The maximum Gasteiger partial charge on any atom is 0.407 e. The zero-order chi connectivity index (χ0) is 35.9. The molecule has 0 aliphatic rings. The summed E-state index contributed by atoms with van der Waals surface area (Å²) in [4.78, 5) is 49.6. The highest BCUT2D eigenvalue weighted by atomic mass is 16.6. The first-order valence-electron chi connectivity index (χ1n) is 16.2. The lowest BCUT2D eigenvalue weighted by Crippen LogP contribution is -2.51. The van der Waals surface area contributed by atoms with E-state index in [2.05, 4.69) is 24.5 Å². The highest BCUT2D eigenvalue weighted by molar-refractivity contribution is 5.91. The number of rotatable bonds is 21. The Labute approximate surface area is 279 Å². The molecule has 0 unspecified atom stereocenters. The second kappa shape index (κ2) is 19.9. The topological polar surface area (TPSA) is 202 Å². The first-order valence-corrected chi connectivity index (χ1v) is 16.2. The van der Waals surface area contributed by atoms with E-state index in [9.17, 15) is 24.3 Å². The molecule has 1 aromatic carbocycles. The average Bonchev–Trinajstić information content (AvgIpc) is 2.95. The number of carbonyl (C=O) groups is 4. The second-order valence-electron chi connectivity index (χ2n) is 13.7. The minimum Gasteiger partial charge on any atom is -0.493 e. The number of ether oxygens (including phenoxy) is 4. The Hall–Kier alpha value is -3.58. The molecule has 0 aromatic heterocycles. The maximum atomic E-state index is 13.3. The van der Waals surface area contributed by atoms with Gasteiger partial charge in [0.1, 0.15) is 11.6 Å². The number of aliphatic hydroxyl groups excluding tert-OH is 1. The van der Waals surface area contributed by atoms with Crippen molar-refractivity contribution in [1.82, 2.24) is 10.6 Å². The monoisotopic (exact) mass is 666 g/mol. The molecule has 0 spiro atoms. The lowest BCUT2D eigenvalue weighted by Gasteiger charge is -2.33. The Morgan fingerprint density at radius 2 is 1.57 bits per heavy atom. The molecule has 0 radical (unpaired) electrons. The van der Waals surface area contributed by atoms with E-state index in [-0.39, 0.29) is 24.2 Å². The van der Waals surface area contributed by atoms with Crippen molar-refractivity contribution in [2.45, 2.75) is 104 Å². The zero-order valence-electron chi connectivity index (χ0n) is 29.6. The summed E-state index contributed by atoms with van der Waals surface area (Å²) >= 11 is 0. The Bertz CT molecular complexity index is 1150. The number of nitrogens with one attached hydrogen (secondary N) is 2. The summed E-state index contributed by atoms with van der Waals surface area (Å²) in [5.74, 6) is -1.94. The number of amides is 4. The van der Waals surface area contributed by atoms with E-state index in [0.717, 1.165) is 12.0 Å². The van der Waals surface area contributed by atoms with Crippen LogP contribution >= 0.6 is 0 Å². The summed E-state index contributed by atoms with van der Waals surface area (Å²) < 4.78 is 22.1. The predicted molar refractivity (Wildman–Crippen MR) is 179 cm³/mol. The third-order valence-corrected chi connectivity index (χ3v) is 7.84. The number of hydrogen-bond acceptors (Lipinski definition) is 9. The minimum atomic E-state index is -1.28. The van der Waals surface area contributed by atoms with Crippen LogP contribution in [0, 0.1) is 23.7 Å². The fourth-order valence-electron chi connectivity index (χ4n) is 5.15. The first kappa shape index (κ1) is 41.4. The fraction of sp³-hybridized carbons (Fsp3) is 0.706. The van der Waals surface area contributed by atoms with Crippen molar-refractivity contribution in [1.29, 1.82) is 0 Å². The average molecular weight is 667 g/mol. The van der Waals surface area contributed by atoms with Crippen molar-refractivity contribution in [2.24, 2.45) is 35.1 Å². The molecule has 0 saturated heterocycles. The van der Waals surface area contributed by atoms with Crippen LogP contribution in [0.1, 0.15) is 79.7 Å². The van der Waals surface area contributed by atoms with Crippen LogP contribution < -0.4 is 31.6 Å². The molecule has 268 valence electrons. The minimum absolute atomic E-state index is 0.0135. The second-order valence-corrected chi connectivity index (χ2v) is 13.7. The number of benzene rings is 1. The molecular weight excluding hydrogens is 608 g/mol. The van der Waals surface area contributed by atoms with Crippen LogP contribution in [-0.2, 0) is 30.3 Å². The lowest BCUT2D eigenvalue weighted by atomic mass is 9.80. The van der Waals surface area contributed by atoms with Crippen LogP contribution in [0.2, 0.25) is 0 Å². The first-order chi connectivity index (χ1) is 21.9. The normalized spacial score (nSPS) is 14.9. The van der Waals surface area contributed by atoms with Crippen LogP contribution in [0.15, 0.2) is 18.2 Å². The molecule has 13 nitrogen and oxygen atoms in total. The molecular formula is C34H58N4O9. The van der Waals surface area contributed by atoms with Crippen LogP contribution in [-0.4, -0.2) is 80.1 Å². The molecule has 0 heterocycles. The van der Waals surface area contributed by atoms with Crippen LogP contribution in [0.5, 0.6) is 11.5 Å². The number of nitrogens with two attached hydrogens (primary N) is 2. The van der Waals surface area contributed by atoms with E-state index in [1.54, 1.807) is 48.8 Å². The number of primary amides is 2. The summed E-state index contributed by atoms with van der Waals surface area (Å²) in [6.07, 6.45) is -0.653. The lowest BCUT2D eigenvalue weighted by molar-refractivity contribution is -0.133. The van der Waals surface area contributed by atoms with Gasteiger partial charge in [-0.3, -0.25) is 14.4 Å². The molecule has 13 heteroatoms. The maximum absolute atomic E-state index is 13.3. The van der Waals surface area contributed by atoms with Crippen molar-refractivity contribution < 1.29 is 43.2 Å². The summed E-state index contributed by atoms with van der Waals surface area (Å²) in [5, 5.41) is 17.0. The van der Waals surface area contributed by atoms with E-state index >= 15 is 0 Å². The molecule has 1 aromatic rings. The van der Waals surface area contributed by atoms with Crippen molar-refractivity contribution >= 4 is 23.8 Å². The van der Waals surface area contributed by atoms with Gasteiger partial charge < -0.3 is 46.2 Å². The van der Waals surface area contributed by atoms with Gasteiger partial charge in [-0.05, 0) is 75.5 Å². The third kappa shape index (κ3) is 15.7. The van der Waals surface area contributed by atoms with Gasteiger partial charge in [-0.1, -0.05) is 33.8 Å². The molecule has 4 amide bonds. The van der Waals surface area contributed by atoms with Gasteiger partial charge in [-0.15, -0.1) is 0 Å². The molecule has 1 rings (SSSR count). The van der Waals surface area contributed by atoms with Gasteiger partial charge in [-0.2, -0.15) is 0 Å². The van der Waals surface area contributed by atoms with Gasteiger partial charge in [0.25, 0.3) is 0 Å². The fourth-order valence-corrected chi connectivity index (χ4v) is 5.15. The highest BCUT2D eigenvalue weighted by Gasteiger charge is 2.34. The van der Waals surface area contributed by atoms with E-state index < -0.39 is 59.9 Å². The van der Waals surface area contributed by atoms with Crippen molar-refractivity contribution in [3.63, 3.8) is 0 Å². The molecule has 0 aliphatic carbocycles. The van der Waals surface area contributed by atoms with Crippen LogP contribution in [0.3, 0.4) is 0 Å². The molecule has 0 aliphatic heterocycles. The number of alkyl carbamates (subject to hydrolysis) is 1.